The lowest BCUT2D eigenvalue weighted by Gasteiger charge is -2.09. The molecule has 0 amide bonds. The molecule has 0 aliphatic carbocycles. The average molecular weight is 175 g/mol. The number of likely N-dealkylation sites (N-methyl/N-ethyl adjacent to an activating group) is 1. The highest BCUT2D eigenvalue weighted by atomic mass is 16.3. The van der Waals surface area contributed by atoms with E-state index in [9.17, 15) is 10.2 Å². The third-order valence-corrected chi connectivity index (χ3v) is 1.16. The molecule has 0 aliphatic rings. The van der Waals surface area contributed by atoms with Crippen LogP contribution in [-0.4, -0.2) is 23.7 Å². The Balaban J connectivity index is 3.32. The second-order valence-electron chi connectivity index (χ2n) is 2.02. The van der Waals surface area contributed by atoms with Crippen molar-refractivity contribution in [3.8, 4) is 5.75 Å². The Hall–Kier alpha value is -1.06. The van der Waals surface area contributed by atoms with E-state index in [0.717, 1.165) is 0 Å². The van der Waals surface area contributed by atoms with Crippen LogP contribution in [0.3, 0.4) is 0 Å². The minimum atomic E-state index is -2.70. The first-order valence-electron chi connectivity index (χ1n) is 7.15. The van der Waals surface area contributed by atoms with E-state index in [0.29, 0.717) is 0 Å². The summed E-state index contributed by atoms with van der Waals surface area (Å²) in [5, 5.41) is 21.3. The molecule has 3 heteroatoms. The average Bonchev–Trinajstić information content (AvgIpc) is 2.31. The Kier molecular flexibility index (Phi) is 1.03. The molecule has 0 aromatic heterocycles. The van der Waals surface area contributed by atoms with Crippen LogP contribution in [0.1, 0.15) is 22.6 Å². The topological polar surface area (TPSA) is 52.5 Å². The summed E-state index contributed by atoms with van der Waals surface area (Å²) in [5.41, 5.74) is -0.729. The van der Waals surface area contributed by atoms with Gasteiger partial charge in [0.25, 0.3) is 0 Å². The van der Waals surface area contributed by atoms with E-state index in [1.165, 1.54) is 0 Å². The summed E-state index contributed by atoms with van der Waals surface area (Å²) in [4.78, 5) is 0. The van der Waals surface area contributed by atoms with Crippen LogP contribution in [0.5, 0.6) is 5.75 Å². The molecule has 0 saturated carbocycles. The third-order valence-electron chi connectivity index (χ3n) is 1.16. The van der Waals surface area contributed by atoms with Crippen molar-refractivity contribution < 1.29 is 21.2 Å². The molecule has 3 N–H and O–H groups in total. The van der Waals surface area contributed by atoms with Crippen LogP contribution in [0.15, 0.2) is 24.2 Å². The standard InChI is InChI=1S/C9H13NO2/c1-10-6-9(12)7-3-2-4-8(11)5-7/h2-5,9-12H,6H2,1H3/i1D3,2D,3D,4D,5D,9D. The molecule has 0 fully saturated rings. The fourth-order valence-corrected chi connectivity index (χ4v) is 0.650. The highest BCUT2D eigenvalue weighted by Crippen LogP contribution is 2.17. The lowest BCUT2D eigenvalue weighted by Crippen LogP contribution is -2.16. The van der Waals surface area contributed by atoms with Crippen molar-refractivity contribution in [3.63, 3.8) is 0 Å². The van der Waals surface area contributed by atoms with E-state index in [-0.39, 0.29) is 0 Å². The number of aromatic hydroxyl groups is 1. The molecule has 12 heavy (non-hydrogen) atoms. The van der Waals surface area contributed by atoms with Gasteiger partial charge in [0.05, 0.1) is 12.9 Å². The third kappa shape index (κ3) is 2.22. The molecule has 0 spiro atoms. The van der Waals surface area contributed by atoms with Crippen molar-refractivity contribution in [3.05, 3.63) is 29.7 Å². The number of phenolic OH excluding ortho intramolecular Hbond substituents is 1. The lowest BCUT2D eigenvalue weighted by molar-refractivity contribution is 0.177. The largest absolute Gasteiger partial charge is 0.508 e. The van der Waals surface area contributed by atoms with Crippen LogP contribution in [0.4, 0.5) is 0 Å². The highest BCUT2D eigenvalue weighted by molar-refractivity contribution is 5.28. The van der Waals surface area contributed by atoms with E-state index < -0.39 is 55.1 Å². The number of rotatable bonds is 3. The fourth-order valence-electron chi connectivity index (χ4n) is 0.650. The van der Waals surface area contributed by atoms with Crippen LogP contribution in [-0.2, 0) is 0 Å². The van der Waals surface area contributed by atoms with Gasteiger partial charge in [-0.3, -0.25) is 0 Å². The van der Waals surface area contributed by atoms with Crippen molar-refractivity contribution >= 4 is 0 Å². The first kappa shape index (κ1) is 3.01. The smallest absolute Gasteiger partial charge is 0.115 e. The first-order valence-corrected chi connectivity index (χ1v) is 3.15. The second kappa shape index (κ2) is 4.09. The molecule has 1 aromatic rings. The Morgan fingerprint density at radius 2 is 2.67 bits per heavy atom. The minimum Gasteiger partial charge on any atom is -0.508 e. The van der Waals surface area contributed by atoms with Crippen molar-refractivity contribution in [2.75, 3.05) is 13.5 Å². The van der Waals surface area contributed by atoms with E-state index in [1.807, 2.05) is 5.32 Å². The number of hydrogen-bond acceptors (Lipinski definition) is 3. The fraction of sp³-hybridized carbons (Fsp3) is 0.333. The maximum absolute atomic E-state index is 9.91. The van der Waals surface area contributed by atoms with Crippen molar-refractivity contribution in [2.24, 2.45) is 0 Å². The summed E-state index contributed by atoms with van der Waals surface area (Å²) in [6, 6.07) is -3.14. The predicted molar refractivity (Wildman–Crippen MR) is 47.0 cm³/mol. The van der Waals surface area contributed by atoms with Crippen molar-refractivity contribution in [2.45, 2.75) is 6.08 Å². The molecular weight excluding hydrogens is 154 g/mol. The van der Waals surface area contributed by atoms with Gasteiger partial charge in [0.1, 0.15) is 5.75 Å². The van der Waals surface area contributed by atoms with Crippen molar-refractivity contribution in [1.29, 1.82) is 0 Å². The second-order valence-corrected chi connectivity index (χ2v) is 2.02. The highest BCUT2D eigenvalue weighted by Gasteiger charge is 2.05. The molecule has 1 atom stereocenters. The van der Waals surface area contributed by atoms with Crippen LogP contribution in [0.2, 0.25) is 0 Å². The van der Waals surface area contributed by atoms with Gasteiger partial charge in [-0.05, 0) is 24.6 Å². The Bertz CT molecular complexity index is 499. The van der Waals surface area contributed by atoms with Crippen LogP contribution in [0.25, 0.3) is 0 Å². The number of aliphatic hydroxyl groups is 1. The van der Waals surface area contributed by atoms with E-state index in [2.05, 4.69) is 0 Å². The molecule has 1 rings (SSSR count). The number of hydrogen-bond donors (Lipinski definition) is 3. The molecule has 0 heterocycles. The zero-order chi connectivity index (χ0) is 15.9. The van der Waals surface area contributed by atoms with E-state index >= 15 is 0 Å². The summed E-state index contributed by atoms with van der Waals surface area (Å²) in [6.07, 6.45) is -2.70. The zero-order valence-corrected chi connectivity index (χ0v) is 6.10. The van der Waals surface area contributed by atoms with Gasteiger partial charge in [0.2, 0.25) is 0 Å². The van der Waals surface area contributed by atoms with E-state index in [4.69, 9.17) is 11.0 Å². The van der Waals surface area contributed by atoms with Gasteiger partial charge in [0.15, 0.2) is 0 Å². The summed E-state index contributed by atoms with van der Waals surface area (Å²) in [7, 11) is 0. The molecule has 0 aliphatic heterocycles. The molecule has 3 nitrogen and oxygen atoms in total. The molecule has 66 valence electrons. The van der Waals surface area contributed by atoms with Crippen LogP contribution in [0, 0.1) is 0 Å². The molecule has 0 saturated heterocycles. The van der Waals surface area contributed by atoms with Crippen molar-refractivity contribution in [1.82, 2.24) is 5.32 Å². The minimum absolute atomic E-state index is 0.729. The lowest BCUT2D eigenvalue weighted by atomic mass is 10.1. The van der Waals surface area contributed by atoms with Gasteiger partial charge in [-0.2, -0.15) is 0 Å². The molecule has 1 unspecified atom stereocenters. The quantitative estimate of drug-likeness (QED) is 0.632. The van der Waals surface area contributed by atoms with Gasteiger partial charge in [0, 0.05) is 10.7 Å². The summed E-state index contributed by atoms with van der Waals surface area (Å²) >= 11 is 0. The number of nitrogens with one attached hydrogen (secondary N) is 1. The Labute approximate surface area is 82.9 Å². The molecule has 0 radical (unpaired) electrons. The zero-order valence-electron chi connectivity index (χ0n) is 14.1. The molecular formula is C9H13NO2. The van der Waals surface area contributed by atoms with E-state index in [1.54, 1.807) is 0 Å². The number of phenols is 1. The van der Waals surface area contributed by atoms with Gasteiger partial charge >= 0.3 is 0 Å². The summed E-state index contributed by atoms with van der Waals surface area (Å²) in [5.74, 6) is -0.944. The SMILES string of the molecule is [2H]c1c([2H])c(O)c([2H])c(C([2H])(O)CNC([2H])([2H])[2H])c1[2H]. The maximum atomic E-state index is 9.91. The van der Waals surface area contributed by atoms with Crippen LogP contribution < -0.4 is 5.32 Å². The maximum Gasteiger partial charge on any atom is 0.115 e. The molecule has 1 aromatic carbocycles. The Morgan fingerprint density at radius 1 is 1.83 bits per heavy atom. The first-order chi connectivity index (χ1) is 8.88. The summed E-state index contributed by atoms with van der Waals surface area (Å²) in [6.45, 7) is -3.47. The van der Waals surface area contributed by atoms with Gasteiger partial charge in [-0.1, -0.05) is 12.1 Å². The predicted octanol–water partition coefficient (Wildman–Crippen LogP) is 0.645. The van der Waals surface area contributed by atoms with Gasteiger partial charge in [-0.25, -0.2) is 0 Å². The monoisotopic (exact) mass is 175 g/mol. The number of benzene rings is 1. The van der Waals surface area contributed by atoms with Gasteiger partial charge < -0.3 is 15.5 Å². The summed E-state index contributed by atoms with van der Waals surface area (Å²) < 4.78 is 58.2. The van der Waals surface area contributed by atoms with Gasteiger partial charge in [-0.15, -0.1) is 0 Å². The van der Waals surface area contributed by atoms with Crippen LogP contribution >= 0.6 is 0 Å². The normalized spacial score (nSPS) is 26.1. The molecule has 0 bridgehead atoms. The Morgan fingerprint density at radius 3 is 3.42 bits per heavy atom.